The fourth-order valence-electron chi connectivity index (χ4n) is 1.75. The molecule has 0 amide bonds. The van der Waals surface area contributed by atoms with Crippen molar-refractivity contribution in [2.45, 2.75) is 32.9 Å². The Morgan fingerprint density at radius 2 is 2.36 bits per heavy atom. The van der Waals surface area contributed by atoms with Crippen LogP contribution in [0.4, 0.5) is 0 Å². The van der Waals surface area contributed by atoms with E-state index in [1.165, 1.54) is 0 Å². The van der Waals surface area contributed by atoms with Crippen molar-refractivity contribution < 1.29 is 9.52 Å². The van der Waals surface area contributed by atoms with E-state index in [2.05, 4.69) is 9.88 Å². The molecule has 1 aliphatic heterocycles. The molecular formula is C10H16N2O2. The number of aliphatic hydroxyl groups is 1. The van der Waals surface area contributed by atoms with Crippen LogP contribution < -0.4 is 0 Å². The maximum atomic E-state index is 9.34. The molecule has 0 saturated carbocycles. The molecule has 1 aliphatic rings. The summed E-state index contributed by atoms with van der Waals surface area (Å²) in [4.78, 5) is 6.47. The summed E-state index contributed by atoms with van der Waals surface area (Å²) in [5.74, 6) is 1.65. The molecule has 78 valence electrons. The SMILES string of the molecule is Cc1nc(CN2CCC(O)C2)oc1C. The smallest absolute Gasteiger partial charge is 0.208 e. The Kier molecular flexibility index (Phi) is 2.56. The van der Waals surface area contributed by atoms with Gasteiger partial charge in [0.25, 0.3) is 0 Å². The van der Waals surface area contributed by atoms with Crippen molar-refractivity contribution in [2.75, 3.05) is 13.1 Å². The predicted molar refractivity (Wildman–Crippen MR) is 51.9 cm³/mol. The summed E-state index contributed by atoms with van der Waals surface area (Å²) >= 11 is 0. The van der Waals surface area contributed by atoms with Crippen molar-refractivity contribution in [1.29, 1.82) is 0 Å². The molecule has 14 heavy (non-hydrogen) atoms. The van der Waals surface area contributed by atoms with E-state index in [4.69, 9.17) is 4.42 Å². The average Bonchev–Trinajstić information content (AvgIpc) is 2.62. The van der Waals surface area contributed by atoms with Crippen LogP contribution in [0.2, 0.25) is 0 Å². The molecule has 1 aromatic rings. The van der Waals surface area contributed by atoms with Gasteiger partial charge in [-0.25, -0.2) is 4.98 Å². The van der Waals surface area contributed by atoms with Gasteiger partial charge in [-0.3, -0.25) is 4.90 Å². The summed E-state index contributed by atoms with van der Waals surface area (Å²) in [6.45, 7) is 6.25. The van der Waals surface area contributed by atoms with Gasteiger partial charge in [-0.05, 0) is 20.3 Å². The quantitative estimate of drug-likeness (QED) is 0.762. The molecule has 0 radical (unpaired) electrons. The standard InChI is InChI=1S/C10H16N2O2/c1-7-8(2)14-10(11-7)6-12-4-3-9(13)5-12/h9,13H,3-6H2,1-2H3. The Bertz CT molecular complexity index is 302. The van der Waals surface area contributed by atoms with Gasteiger partial charge < -0.3 is 9.52 Å². The Labute approximate surface area is 83.5 Å². The van der Waals surface area contributed by atoms with Crippen molar-refractivity contribution in [3.05, 3.63) is 17.3 Å². The number of hydrogen-bond acceptors (Lipinski definition) is 4. The zero-order valence-corrected chi connectivity index (χ0v) is 8.66. The molecule has 1 aromatic heterocycles. The minimum atomic E-state index is -0.174. The van der Waals surface area contributed by atoms with Gasteiger partial charge in [0, 0.05) is 13.1 Å². The number of oxazole rings is 1. The lowest BCUT2D eigenvalue weighted by Gasteiger charge is -2.11. The Morgan fingerprint density at radius 1 is 1.57 bits per heavy atom. The zero-order chi connectivity index (χ0) is 10.1. The fraction of sp³-hybridized carbons (Fsp3) is 0.700. The van der Waals surface area contributed by atoms with E-state index in [0.717, 1.165) is 36.9 Å². The largest absolute Gasteiger partial charge is 0.444 e. The lowest BCUT2D eigenvalue weighted by atomic mass is 10.3. The van der Waals surface area contributed by atoms with E-state index in [9.17, 15) is 5.11 Å². The van der Waals surface area contributed by atoms with E-state index in [0.29, 0.717) is 6.54 Å². The lowest BCUT2D eigenvalue weighted by Crippen LogP contribution is -2.21. The van der Waals surface area contributed by atoms with Gasteiger partial charge in [-0.15, -0.1) is 0 Å². The molecule has 4 nitrogen and oxygen atoms in total. The van der Waals surface area contributed by atoms with Crippen LogP contribution in [-0.2, 0) is 6.54 Å². The van der Waals surface area contributed by atoms with Crippen LogP contribution in [-0.4, -0.2) is 34.2 Å². The highest BCUT2D eigenvalue weighted by atomic mass is 16.4. The minimum Gasteiger partial charge on any atom is -0.444 e. The first-order chi connectivity index (χ1) is 6.65. The molecule has 1 saturated heterocycles. The summed E-state index contributed by atoms with van der Waals surface area (Å²) in [7, 11) is 0. The summed E-state index contributed by atoms with van der Waals surface area (Å²) in [6, 6.07) is 0. The van der Waals surface area contributed by atoms with E-state index < -0.39 is 0 Å². The summed E-state index contributed by atoms with van der Waals surface area (Å²) in [6.07, 6.45) is 0.686. The predicted octanol–water partition coefficient (Wildman–Crippen LogP) is 0.858. The van der Waals surface area contributed by atoms with Crippen LogP contribution in [0.3, 0.4) is 0 Å². The average molecular weight is 196 g/mol. The number of aryl methyl sites for hydroxylation is 2. The molecular weight excluding hydrogens is 180 g/mol. The Balaban J connectivity index is 1.97. The first-order valence-electron chi connectivity index (χ1n) is 4.98. The van der Waals surface area contributed by atoms with E-state index in [1.54, 1.807) is 0 Å². The number of aliphatic hydroxyl groups excluding tert-OH is 1. The van der Waals surface area contributed by atoms with Gasteiger partial charge in [0.05, 0.1) is 18.3 Å². The van der Waals surface area contributed by atoms with Gasteiger partial charge in [0.2, 0.25) is 5.89 Å². The van der Waals surface area contributed by atoms with Crippen molar-refractivity contribution in [3.8, 4) is 0 Å². The first-order valence-corrected chi connectivity index (χ1v) is 4.98. The number of nitrogens with zero attached hydrogens (tertiary/aromatic N) is 2. The third-order valence-electron chi connectivity index (χ3n) is 2.68. The first kappa shape index (κ1) is 9.68. The number of β-amino-alcohol motifs (C(OH)–C–C–N with tert-alkyl or cyclic N) is 1. The van der Waals surface area contributed by atoms with Crippen molar-refractivity contribution in [1.82, 2.24) is 9.88 Å². The van der Waals surface area contributed by atoms with Crippen LogP contribution in [0.1, 0.15) is 23.8 Å². The Morgan fingerprint density at radius 3 is 2.86 bits per heavy atom. The van der Waals surface area contributed by atoms with E-state index in [-0.39, 0.29) is 6.10 Å². The monoisotopic (exact) mass is 196 g/mol. The molecule has 1 unspecified atom stereocenters. The third kappa shape index (κ3) is 1.96. The number of hydrogen-bond donors (Lipinski definition) is 1. The zero-order valence-electron chi connectivity index (χ0n) is 8.66. The van der Waals surface area contributed by atoms with Crippen LogP contribution in [0.25, 0.3) is 0 Å². The number of aromatic nitrogens is 1. The molecule has 2 rings (SSSR count). The highest BCUT2D eigenvalue weighted by Crippen LogP contribution is 2.15. The lowest BCUT2D eigenvalue weighted by molar-refractivity contribution is 0.171. The van der Waals surface area contributed by atoms with Crippen molar-refractivity contribution in [2.24, 2.45) is 0 Å². The molecule has 1 fully saturated rings. The highest BCUT2D eigenvalue weighted by molar-refractivity contribution is 5.05. The van der Waals surface area contributed by atoms with Crippen LogP contribution in [0.5, 0.6) is 0 Å². The number of rotatable bonds is 2. The second-order valence-electron chi connectivity index (χ2n) is 3.93. The molecule has 0 bridgehead atoms. The Hall–Kier alpha value is -0.870. The number of likely N-dealkylation sites (tertiary alicyclic amines) is 1. The minimum absolute atomic E-state index is 0.174. The molecule has 1 N–H and O–H groups in total. The summed E-state index contributed by atoms with van der Waals surface area (Å²) < 4.78 is 5.48. The maximum absolute atomic E-state index is 9.34. The van der Waals surface area contributed by atoms with Gasteiger partial charge in [0.1, 0.15) is 5.76 Å². The molecule has 0 aromatic carbocycles. The second-order valence-corrected chi connectivity index (χ2v) is 3.93. The summed E-state index contributed by atoms with van der Waals surface area (Å²) in [5, 5.41) is 9.34. The normalized spacial score (nSPS) is 23.2. The van der Waals surface area contributed by atoms with Gasteiger partial charge in [0.15, 0.2) is 0 Å². The van der Waals surface area contributed by atoms with Gasteiger partial charge in [-0.2, -0.15) is 0 Å². The topological polar surface area (TPSA) is 49.5 Å². The van der Waals surface area contributed by atoms with Crippen molar-refractivity contribution >= 4 is 0 Å². The van der Waals surface area contributed by atoms with Crippen LogP contribution in [0, 0.1) is 13.8 Å². The maximum Gasteiger partial charge on any atom is 0.208 e. The second kappa shape index (κ2) is 3.71. The molecule has 0 aliphatic carbocycles. The van der Waals surface area contributed by atoms with Gasteiger partial charge in [-0.1, -0.05) is 0 Å². The molecule has 1 atom stereocenters. The summed E-state index contributed by atoms with van der Waals surface area (Å²) in [5.41, 5.74) is 0.958. The van der Waals surface area contributed by atoms with Gasteiger partial charge >= 0.3 is 0 Å². The fourth-order valence-corrected chi connectivity index (χ4v) is 1.75. The van der Waals surface area contributed by atoms with Crippen LogP contribution in [0.15, 0.2) is 4.42 Å². The highest BCUT2D eigenvalue weighted by Gasteiger charge is 2.21. The molecule has 4 heteroatoms. The van der Waals surface area contributed by atoms with Crippen LogP contribution >= 0.6 is 0 Å². The van der Waals surface area contributed by atoms with E-state index >= 15 is 0 Å². The van der Waals surface area contributed by atoms with E-state index in [1.807, 2.05) is 13.8 Å². The third-order valence-corrected chi connectivity index (χ3v) is 2.68. The molecule has 0 spiro atoms. The van der Waals surface area contributed by atoms with Crippen molar-refractivity contribution in [3.63, 3.8) is 0 Å². The molecule has 2 heterocycles.